The number of aliphatic hydroxyl groups excluding tert-OH is 1. The van der Waals surface area contributed by atoms with Crippen LogP contribution in [-0.2, 0) is 33.3 Å². The Hall–Kier alpha value is -1.26. The van der Waals surface area contributed by atoms with Crippen LogP contribution in [0.5, 0.6) is 0 Å². The van der Waals surface area contributed by atoms with E-state index >= 15 is 0 Å². The van der Waals surface area contributed by atoms with Crippen molar-refractivity contribution in [3.05, 3.63) is 24.3 Å². The molecule has 0 spiro atoms. The van der Waals surface area contributed by atoms with E-state index in [2.05, 4.69) is 11.7 Å². The largest absolute Gasteiger partial charge is 0.469 e. The molecule has 9 heteroatoms. The fourth-order valence-electron chi connectivity index (χ4n) is 3.64. The number of rotatable bonds is 15. The van der Waals surface area contributed by atoms with Crippen molar-refractivity contribution in [2.75, 3.05) is 20.5 Å². The zero-order valence-corrected chi connectivity index (χ0v) is 20.6. The van der Waals surface area contributed by atoms with Gasteiger partial charge in [0.25, 0.3) is 10.1 Å². The molecule has 0 bridgehead atoms. The molecular formula is C23H40O8S. The number of ether oxygens (including phenoxy) is 3. The molecule has 1 N–H and O–H groups in total. The van der Waals surface area contributed by atoms with E-state index in [0.29, 0.717) is 32.1 Å². The Kier molecular flexibility index (Phi) is 14.0. The number of hydrogen-bond acceptors (Lipinski definition) is 8. The summed E-state index contributed by atoms with van der Waals surface area (Å²) in [5, 5.41) is 10.3. The Morgan fingerprint density at radius 3 is 2.59 bits per heavy atom. The van der Waals surface area contributed by atoms with Crippen LogP contribution < -0.4 is 0 Å². The topological polar surface area (TPSA) is 108 Å². The highest BCUT2D eigenvalue weighted by molar-refractivity contribution is 7.86. The zero-order chi connectivity index (χ0) is 24.0. The average molecular weight is 477 g/mol. The third-order valence-corrected chi connectivity index (χ3v) is 5.97. The monoisotopic (exact) mass is 476 g/mol. The van der Waals surface area contributed by atoms with Crippen molar-refractivity contribution in [3.63, 3.8) is 0 Å². The molecule has 186 valence electrons. The Balaban J connectivity index is 2.87. The fourth-order valence-corrected chi connectivity index (χ4v) is 4.31. The van der Waals surface area contributed by atoms with Gasteiger partial charge in [-0.1, -0.05) is 50.5 Å². The van der Waals surface area contributed by atoms with E-state index < -0.39 is 34.7 Å². The predicted molar refractivity (Wildman–Crippen MR) is 122 cm³/mol. The third kappa shape index (κ3) is 12.1. The van der Waals surface area contributed by atoms with Crippen molar-refractivity contribution in [2.45, 2.75) is 89.3 Å². The van der Waals surface area contributed by atoms with Crippen LogP contribution in [0.25, 0.3) is 0 Å². The molecule has 0 aromatic rings. The van der Waals surface area contributed by atoms with Gasteiger partial charge in [-0.15, -0.1) is 0 Å². The maximum atomic E-state index is 11.8. The number of hydrogen-bond donors (Lipinski definition) is 1. The van der Waals surface area contributed by atoms with Gasteiger partial charge >= 0.3 is 5.97 Å². The minimum Gasteiger partial charge on any atom is -0.469 e. The number of carbonyl (C=O) groups is 1. The molecule has 8 nitrogen and oxygen atoms in total. The summed E-state index contributed by atoms with van der Waals surface area (Å²) >= 11 is 0. The van der Waals surface area contributed by atoms with E-state index in [1.54, 1.807) is 12.2 Å². The van der Waals surface area contributed by atoms with Crippen molar-refractivity contribution >= 4 is 16.1 Å². The van der Waals surface area contributed by atoms with Crippen LogP contribution in [0, 0.1) is 5.92 Å². The number of esters is 1. The summed E-state index contributed by atoms with van der Waals surface area (Å²) in [6.45, 7) is 2.11. The van der Waals surface area contributed by atoms with Crippen molar-refractivity contribution in [1.82, 2.24) is 0 Å². The van der Waals surface area contributed by atoms with Crippen molar-refractivity contribution in [1.29, 1.82) is 0 Å². The Morgan fingerprint density at radius 2 is 1.97 bits per heavy atom. The molecule has 0 unspecified atom stereocenters. The van der Waals surface area contributed by atoms with Gasteiger partial charge in [0.05, 0.1) is 31.7 Å². The van der Waals surface area contributed by atoms with Gasteiger partial charge < -0.3 is 19.3 Å². The summed E-state index contributed by atoms with van der Waals surface area (Å²) in [6.07, 6.45) is 12.5. The number of aliphatic hydroxyl groups is 1. The first kappa shape index (κ1) is 28.8. The summed E-state index contributed by atoms with van der Waals surface area (Å²) in [5.41, 5.74) is 0. The molecular weight excluding hydrogens is 436 g/mol. The smallest absolute Gasteiger partial charge is 0.305 e. The number of methoxy groups -OCH3 is 2. The highest BCUT2D eigenvalue weighted by Gasteiger charge is 2.39. The lowest BCUT2D eigenvalue weighted by Gasteiger charge is -2.39. The van der Waals surface area contributed by atoms with Gasteiger partial charge in [0.15, 0.2) is 6.29 Å². The van der Waals surface area contributed by atoms with Crippen LogP contribution in [0.3, 0.4) is 0 Å². The Bertz CT molecular complexity index is 688. The van der Waals surface area contributed by atoms with Crippen LogP contribution in [0.2, 0.25) is 0 Å². The van der Waals surface area contributed by atoms with Crippen LogP contribution in [0.4, 0.5) is 0 Å². The zero-order valence-electron chi connectivity index (χ0n) is 19.8. The second-order valence-electron chi connectivity index (χ2n) is 8.13. The van der Waals surface area contributed by atoms with Gasteiger partial charge in [-0.3, -0.25) is 8.98 Å². The maximum absolute atomic E-state index is 11.8. The molecule has 0 amide bonds. The molecule has 1 saturated heterocycles. The van der Waals surface area contributed by atoms with Gasteiger partial charge in [0.2, 0.25) is 0 Å². The molecule has 32 heavy (non-hydrogen) atoms. The highest BCUT2D eigenvalue weighted by atomic mass is 32.2. The first-order valence-corrected chi connectivity index (χ1v) is 13.2. The third-order valence-electron chi connectivity index (χ3n) is 5.38. The van der Waals surface area contributed by atoms with Crippen LogP contribution in [-0.4, -0.2) is 64.6 Å². The molecule has 0 radical (unpaired) electrons. The lowest BCUT2D eigenvalue weighted by Crippen LogP contribution is -2.45. The van der Waals surface area contributed by atoms with Crippen molar-refractivity contribution < 1.29 is 36.7 Å². The Morgan fingerprint density at radius 1 is 1.22 bits per heavy atom. The van der Waals surface area contributed by atoms with Gasteiger partial charge in [0, 0.05) is 25.9 Å². The van der Waals surface area contributed by atoms with E-state index in [-0.39, 0.29) is 18.3 Å². The van der Waals surface area contributed by atoms with E-state index in [4.69, 9.17) is 13.7 Å². The first-order valence-electron chi connectivity index (χ1n) is 11.3. The molecule has 1 heterocycles. The summed E-state index contributed by atoms with van der Waals surface area (Å²) in [5.74, 6) is -0.513. The minimum absolute atomic E-state index is 0.242. The van der Waals surface area contributed by atoms with Gasteiger partial charge in [-0.25, -0.2) is 0 Å². The maximum Gasteiger partial charge on any atom is 0.305 e. The van der Waals surface area contributed by atoms with Gasteiger partial charge in [0.1, 0.15) is 0 Å². The lowest BCUT2D eigenvalue weighted by molar-refractivity contribution is -0.208. The van der Waals surface area contributed by atoms with Crippen molar-refractivity contribution in [3.8, 4) is 0 Å². The van der Waals surface area contributed by atoms with E-state index in [1.165, 1.54) is 14.2 Å². The standard InChI is InChI=1S/C23H40O8S/c1-5-6-9-12-18(24)15-16-20-19(13-10-7-8-11-14-22(25)28-2)21(31-32(4,26)27)17-23(29-3)30-20/h7,10,15-16,18-21,23-24H,5-6,8-9,11-14,17H2,1-4H3/b10-7-,16-15+/t18-,19-,20-,21-,23+/m1/s1. The summed E-state index contributed by atoms with van der Waals surface area (Å²) in [4.78, 5) is 11.2. The predicted octanol–water partition coefficient (Wildman–Crippen LogP) is 3.50. The van der Waals surface area contributed by atoms with E-state index in [1.807, 2.05) is 12.2 Å². The highest BCUT2D eigenvalue weighted by Crippen LogP contribution is 2.33. The number of carbonyl (C=O) groups excluding carboxylic acids is 1. The molecule has 0 aromatic heterocycles. The second kappa shape index (κ2) is 15.6. The SMILES string of the molecule is CCCCC[C@@H](O)/C=C/[C@H]1O[C@H](OC)C[C@@H](OS(C)(=O)=O)[C@@H]1C/C=C\CCCC(=O)OC. The molecule has 0 aromatic carbocycles. The summed E-state index contributed by atoms with van der Waals surface area (Å²) in [6, 6.07) is 0. The van der Waals surface area contributed by atoms with Crippen LogP contribution in [0.15, 0.2) is 24.3 Å². The molecule has 0 saturated carbocycles. The number of unbranched alkanes of at least 4 members (excludes halogenated alkanes) is 3. The molecule has 1 rings (SSSR count). The number of allylic oxidation sites excluding steroid dienone is 2. The lowest BCUT2D eigenvalue weighted by atomic mass is 9.87. The minimum atomic E-state index is -3.67. The van der Waals surface area contributed by atoms with E-state index in [9.17, 15) is 18.3 Å². The summed E-state index contributed by atoms with van der Waals surface area (Å²) in [7, 11) is -0.800. The van der Waals surface area contributed by atoms with Gasteiger partial charge in [-0.05, 0) is 25.7 Å². The summed E-state index contributed by atoms with van der Waals surface area (Å²) < 4.78 is 45.0. The van der Waals surface area contributed by atoms with Crippen LogP contribution in [0.1, 0.15) is 64.7 Å². The average Bonchev–Trinajstić information content (AvgIpc) is 2.74. The Labute approximate surface area is 193 Å². The quantitative estimate of drug-likeness (QED) is 0.166. The fraction of sp³-hybridized carbons (Fsp3) is 0.783. The van der Waals surface area contributed by atoms with Crippen molar-refractivity contribution in [2.24, 2.45) is 5.92 Å². The molecule has 1 aliphatic rings. The normalized spacial score (nSPS) is 25.4. The first-order chi connectivity index (χ1) is 15.2. The van der Waals surface area contributed by atoms with Gasteiger partial charge in [-0.2, -0.15) is 8.42 Å². The molecule has 5 atom stereocenters. The molecule has 1 fully saturated rings. The molecule has 0 aliphatic carbocycles. The van der Waals surface area contributed by atoms with E-state index in [0.717, 1.165) is 25.5 Å². The van der Waals surface area contributed by atoms with Crippen LogP contribution >= 0.6 is 0 Å². The molecule has 1 aliphatic heterocycles. The second-order valence-corrected chi connectivity index (χ2v) is 9.73.